The van der Waals surface area contributed by atoms with Gasteiger partial charge in [-0.2, -0.15) is 0 Å². The van der Waals surface area contributed by atoms with E-state index in [0.717, 1.165) is 38.4 Å². The Bertz CT molecular complexity index is 443. The van der Waals surface area contributed by atoms with E-state index in [1.54, 1.807) is 10.9 Å². The molecular weight excluding hydrogens is 308 g/mol. The summed E-state index contributed by atoms with van der Waals surface area (Å²) >= 11 is 3.27. The van der Waals surface area contributed by atoms with Crippen LogP contribution in [0.25, 0.3) is 0 Å². The van der Waals surface area contributed by atoms with Gasteiger partial charge in [0, 0.05) is 26.2 Å². The van der Waals surface area contributed by atoms with Gasteiger partial charge in [0.1, 0.15) is 4.47 Å². The molecule has 0 saturated heterocycles. The minimum Gasteiger partial charge on any atom is -0.314 e. The molecule has 0 aromatic carbocycles. The number of nitrogens with one attached hydrogen (secondary N) is 1. The van der Waals surface area contributed by atoms with Crippen LogP contribution in [0.5, 0.6) is 0 Å². The van der Waals surface area contributed by atoms with E-state index < -0.39 is 0 Å². The summed E-state index contributed by atoms with van der Waals surface area (Å²) in [5.74, 6) is 0. The Morgan fingerprint density at radius 2 is 2.05 bits per heavy atom. The topological polar surface area (TPSA) is 50.2 Å². The summed E-state index contributed by atoms with van der Waals surface area (Å²) in [7, 11) is 0. The molecule has 1 N–H and O–H groups in total. The number of rotatable bonds is 8. The maximum absolute atomic E-state index is 11.9. The minimum atomic E-state index is -0.0157. The van der Waals surface area contributed by atoms with Crippen LogP contribution in [0.15, 0.2) is 15.6 Å². The molecule has 5 nitrogen and oxygen atoms in total. The molecule has 1 aromatic heterocycles. The first-order valence-corrected chi connectivity index (χ1v) is 7.54. The summed E-state index contributed by atoms with van der Waals surface area (Å²) in [5, 5.41) is 3.35. The second-order valence-electron chi connectivity index (χ2n) is 4.42. The Morgan fingerprint density at radius 1 is 1.37 bits per heavy atom. The summed E-state index contributed by atoms with van der Waals surface area (Å²) in [6.45, 7) is 11.7. The molecule has 1 rings (SSSR count). The molecule has 1 aromatic rings. The predicted octanol–water partition coefficient (Wildman–Crippen LogP) is 1.25. The first-order valence-electron chi connectivity index (χ1n) is 6.74. The molecule has 0 aliphatic heterocycles. The number of aromatic nitrogens is 2. The zero-order valence-electron chi connectivity index (χ0n) is 11.9. The molecular formula is C13H23BrN4O. The maximum Gasteiger partial charge on any atom is 0.267 e. The molecule has 0 aliphatic rings. The first-order chi connectivity index (χ1) is 9.10. The second kappa shape index (κ2) is 8.45. The highest BCUT2D eigenvalue weighted by atomic mass is 79.9. The van der Waals surface area contributed by atoms with Gasteiger partial charge < -0.3 is 10.2 Å². The predicted molar refractivity (Wildman–Crippen MR) is 81.6 cm³/mol. The Hall–Kier alpha value is -0.720. The van der Waals surface area contributed by atoms with E-state index in [2.05, 4.69) is 45.0 Å². The van der Waals surface area contributed by atoms with Crippen molar-refractivity contribution in [3.8, 4) is 0 Å². The highest BCUT2D eigenvalue weighted by molar-refractivity contribution is 9.10. The van der Waals surface area contributed by atoms with Gasteiger partial charge in [-0.15, -0.1) is 0 Å². The smallest absolute Gasteiger partial charge is 0.267 e. The average molecular weight is 331 g/mol. The van der Waals surface area contributed by atoms with Crippen LogP contribution in [0.4, 0.5) is 0 Å². The van der Waals surface area contributed by atoms with Crippen molar-refractivity contribution in [3.63, 3.8) is 0 Å². The van der Waals surface area contributed by atoms with Crippen LogP contribution in [-0.4, -0.2) is 47.2 Å². The monoisotopic (exact) mass is 330 g/mol. The Labute approximate surface area is 123 Å². The molecule has 6 heteroatoms. The molecule has 0 atom stereocenters. The summed E-state index contributed by atoms with van der Waals surface area (Å²) in [4.78, 5) is 18.4. The van der Waals surface area contributed by atoms with Crippen molar-refractivity contribution < 1.29 is 0 Å². The van der Waals surface area contributed by atoms with Gasteiger partial charge in [-0.3, -0.25) is 9.36 Å². The van der Waals surface area contributed by atoms with E-state index >= 15 is 0 Å². The number of likely N-dealkylation sites (N-methyl/N-ethyl adjacent to an activating group) is 1. The third-order valence-corrected chi connectivity index (χ3v) is 4.10. The van der Waals surface area contributed by atoms with Gasteiger partial charge in [0.25, 0.3) is 5.56 Å². The summed E-state index contributed by atoms with van der Waals surface area (Å²) in [6.07, 6.45) is 1.61. The lowest BCUT2D eigenvalue weighted by Gasteiger charge is -2.18. The largest absolute Gasteiger partial charge is 0.314 e. The van der Waals surface area contributed by atoms with Gasteiger partial charge in [-0.05, 0) is 35.9 Å². The molecule has 108 valence electrons. The number of aryl methyl sites for hydroxylation is 1. The van der Waals surface area contributed by atoms with Crippen LogP contribution in [0, 0.1) is 6.92 Å². The quantitative estimate of drug-likeness (QED) is 0.729. The minimum absolute atomic E-state index is 0.0157. The standard InChI is InChI=1S/C13H23BrN4O/c1-4-17(5-2)8-6-15-7-9-18-10-16-11(3)12(14)13(18)19/h10,15H,4-9H2,1-3H3. The SMILES string of the molecule is CCN(CC)CCNCCn1cnc(C)c(Br)c1=O. The van der Waals surface area contributed by atoms with Crippen molar-refractivity contribution in [2.45, 2.75) is 27.3 Å². The lowest BCUT2D eigenvalue weighted by atomic mass is 10.4. The van der Waals surface area contributed by atoms with Gasteiger partial charge >= 0.3 is 0 Å². The molecule has 0 amide bonds. The van der Waals surface area contributed by atoms with Crippen molar-refractivity contribution in [3.05, 3.63) is 26.8 Å². The fourth-order valence-electron chi connectivity index (χ4n) is 1.81. The Kier molecular flexibility index (Phi) is 7.27. The normalized spacial score (nSPS) is 11.2. The lowest BCUT2D eigenvalue weighted by molar-refractivity contribution is 0.301. The highest BCUT2D eigenvalue weighted by Crippen LogP contribution is 2.05. The van der Waals surface area contributed by atoms with E-state index in [1.165, 1.54) is 0 Å². The van der Waals surface area contributed by atoms with Gasteiger partial charge in [0.05, 0.1) is 12.0 Å². The van der Waals surface area contributed by atoms with Gasteiger partial charge in [-0.25, -0.2) is 4.98 Å². The molecule has 0 radical (unpaired) electrons. The maximum atomic E-state index is 11.9. The van der Waals surface area contributed by atoms with E-state index in [1.807, 2.05) is 6.92 Å². The number of halogens is 1. The van der Waals surface area contributed by atoms with Gasteiger partial charge in [0.2, 0.25) is 0 Å². The molecule has 0 spiro atoms. The van der Waals surface area contributed by atoms with Crippen LogP contribution >= 0.6 is 15.9 Å². The van der Waals surface area contributed by atoms with E-state index in [-0.39, 0.29) is 5.56 Å². The fourth-order valence-corrected chi connectivity index (χ4v) is 2.14. The van der Waals surface area contributed by atoms with Crippen molar-refractivity contribution in [1.82, 2.24) is 19.8 Å². The van der Waals surface area contributed by atoms with E-state index in [4.69, 9.17) is 0 Å². The zero-order chi connectivity index (χ0) is 14.3. The molecule has 19 heavy (non-hydrogen) atoms. The Balaban J connectivity index is 2.34. The average Bonchev–Trinajstić information content (AvgIpc) is 2.42. The zero-order valence-corrected chi connectivity index (χ0v) is 13.5. The van der Waals surface area contributed by atoms with Crippen LogP contribution in [-0.2, 0) is 6.54 Å². The van der Waals surface area contributed by atoms with Crippen molar-refractivity contribution >= 4 is 15.9 Å². The van der Waals surface area contributed by atoms with Gasteiger partial charge in [0.15, 0.2) is 0 Å². The summed E-state index contributed by atoms with van der Waals surface area (Å²) in [5.41, 5.74) is 0.716. The van der Waals surface area contributed by atoms with Crippen LogP contribution in [0.2, 0.25) is 0 Å². The number of hydrogen-bond donors (Lipinski definition) is 1. The van der Waals surface area contributed by atoms with Crippen molar-refractivity contribution in [1.29, 1.82) is 0 Å². The summed E-state index contributed by atoms with van der Waals surface area (Å²) < 4.78 is 2.18. The van der Waals surface area contributed by atoms with E-state index in [0.29, 0.717) is 11.0 Å². The molecule has 0 fully saturated rings. The third-order valence-electron chi connectivity index (χ3n) is 3.19. The van der Waals surface area contributed by atoms with Gasteiger partial charge in [-0.1, -0.05) is 13.8 Å². The summed E-state index contributed by atoms with van der Waals surface area (Å²) in [6, 6.07) is 0. The molecule has 0 unspecified atom stereocenters. The van der Waals surface area contributed by atoms with E-state index in [9.17, 15) is 4.79 Å². The fraction of sp³-hybridized carbons (Fsp3) is 0.692. The van der Waals surface area contributed by atoms with Crippen LogP contribution in [0.3, 0.4) is 0 Å². The van der Waals surface area contributed by atoms with Crippen molar-refractivity contribution in [2.75, 3.05) is 32.7 Å². The first kappa shape index (κ1) is 16.3. The highest BCUT2D eigenvalue weighted by Gasteiger charge is 2.04. The Morgan fingerprint density at radius 3 is 2.68 bits per heavy atom. The third kappa shape index (κ3) is 5.04. The van der Waals surface area contributed by atoms with Crippen molar-refractivity contribution in [2.24, 2.45) is 0 Å². The molecule has 0 saturated carbocycles. The van der Waals surface area contributed by atoms with Crippen LogP contribution in [0.1, 0.15) is 19.5 Å². The van der Waals surface area contributed by atoms with Crippen LogP contribution < -0.4 is 10.9 Å². The molecule has 0 bridgehead atoms. The second-order valence-corrected chi connectivity index (χ2v) is 5.21. The number of hydrogen-bond acceptors (Lipinski definition) is 4. The lowest BCUT2D eigenvalue weighted by Crippen LogP contribution is -2.34. The number of nitrogens with zero attached hydrogens (tertiary/aromatic N) is 3. The molecule has 0 aliphatic carbocycles. The molecule has 1 heterocycles.